The van der Waals surface area contributed by atoms with Crippen molar-refractivity contribution in [2.75, 3.05) is 27.4 Å². The van der Waals surface area contributed by atoms with Gasteiger partial charge in [0.05, 0.1) is 38.4 Å². The first kappa shape index (κ1) is 22.6. The Morgan fingerprint density at radius 3 is 2.82 bits per heavy atom. The van der Waals surface area contributed by atoms with Crippen molar-refractivity contribution < 1.29 is 14.2 Å². The van der Waals surface area contributed by atoms with Crippen LogP contribution in [0.25, 0.3) is 10.7 Å². The van der Waals surface area contributed by atoms with Crippen LogP contribution in [0.4, 0.5) is 0 Å². The van der Waals surface area contributed by atoms with Gasteiger partial charge in [0.1, 0.15) is 11.5 Å². The van der Waals surface area contributed by atoms with Gasteiger partial charge in [0, 0.05) is 30.8 Å². The van der Waals surface area contributed by atoms with Crippen molar-refractivity contribution in [3.05, 3.63) is 46.0 Å². The summed E-state index contributed by atoms with van der Waals surface area (Å²) in [5, 5.41) is 7.08. The SMILES string of the molecule is COc1ccc(C2CCCN2Cn2nc(-c3cccs3)n(CC3CCCO3)c2=S)c(OC)c1. The van der Waals surface area contributed by atoms with Crippen molar-refractivity contribution in [3.8, 4) is 22.2 Å². The van der Waals surface area contributed by atoms with Gasteiger partial charge in [-0.15, -0.1) is 16.4 Å². The van der Waals surface area contributed by atoms with Crippen molar-refractivity contribution in [2.24, 2.45) is 0 Å². The minimum atomic E-state index is 0.205. The number of rotatable bonds is 8. The summed E-state index contributed by atoms with van der Waals surface area (Å²) < 4.78 is 21.9. The molecule has 1 aromatic carbocycles. The standard InChI is InChI=1S/C24H30N4O3S2/c1-29-17-9-10-19(21(14-17)30-2)20-7-3-11-26(20)16-28-24(32)27(15-18-6-4-12-31-18)23(25-28)22-8-5-13-33-22/h5,8-10,13-14,18,20H,3-4,6-7,11-12,15-16H2,1-2H3. The van der Waals surface area contributed by atoms with Gasteiger partial charge in [-0.25, -0.2) is 4.68 Å². The van der Waals surface area contributed by atoms with Crippen LogP contribution in [0.15, 0.2) is 35.7 Å². The molecule has 0 spiro atoms. The van der Waals surface area contributed by atoms with Gasteiger partial charge in [-0.1, -0.05) is 12.1 Å². The lowest BCUT2D eigenvalue weighted by molar-refractivity contribution is 0.0966. The van der Waals surface area contributed by atoms with Gasteiger partial charge in [-0.2, -0.15) is 0 Å². The third-order valence-electron chi connectivity index (χ3n) is 6.55. The Labute approximate surface area is 203 Å². The molecule has 0 bridgehead atoms. The highest BCUT2D eigenvalue weighted by Gasteiger charge is 2.30. The van der Waals surface area contributed by atoms with E-state index in [1.807, 2.05) is 16.8 Å². The molecule has 4 heterocycles. The van der Waals surface area contributed by atoms with Gasteiger partial charge >= 0.3 is 0 Å². The number of aromatic nitrogens is 3. The predicted octanol–water partition coefficient (Wildman–Crippen LogP) is 5.13. The number of nitrogens with zero attached hydrogens (tertiary/aromatic N) is 4. The first-order valence-electron chi connectivity index (χ1n) is 11.5. The van der Waals surface area contributed by atoms with E-state index in [0.717, 1.165) is 72.4 Å². The van der Waals surface area contributed by atoms with Crippen LogP contribution in [-0.2, 0) is 18.0 Å². The molecule has 33 heavy (non-hydrogen) atoms. The Bertz CT molecular complexity index is 1140. The lowest BCUT2D eigenvalue weighted by Crippen LogP contribution is -2.27. The van der Waals surface area contributed by atoms with Crippen LogP contribution in [0.2, 0.25) is 0 Å². The van der Waals surface area contributed by atoms with E-state index in [4.69, 9.17) is 31.5 Å². The minimum Gasteiger partial charge on any atom is -0.497 e. The summed E-state index contributed by atoms with van der Waals surface area (Å²) in [5.74, 6) is 2.59. The van der Waals surface area contributed by atoms with Crippen LogP contribution in [0.5, 0.6) is 11.5 Å². The topological polar surface area (TPSA) is 53.7 Å². The zero-order valence-corrected chi connectivity index (χ0v) is 20.7. The van der Waals surface area contributed by atoms with Gasteiger partial charge in [0.25, 0.3) is 0 Å². The Morgan fingerprint density at radius 2 is 2.09 bits per heavy atom. The Balaban J connectivity index is 1.44. The Kier molecular flexibility index (Phi) is 6.82. The van der Waals surface area contributed by atoms with E-state index < -0.39 is 0 Å². The van der Waals surface area contributed by atoms with E-state index in [1.54, 1.807) is 25.6 Å². The molecule has 2 aromatic heterocycles. The molecule has 2 unspecified atom stereocenters. The fraction of sp³-hybridized carbons (Fsp3) is 0.500. The van der Waals surface area contributed by atoms with Gasteiger partial charge in [0.2, 0.25) is 0 Å². The summed E-state index contributed by atoms with van der Waals surface area (Å²) in [6.07, 6.45) is 4.59. The second-order valence-corrected chi connectivity index (χ2v) is 9.86. The van der Waals surface area contributed by atoms with Gasteiger partial charge in [0.15, 0.2) is 10.6 Å². The normalized spacial score (nSPS) is 21.0. The van der Waals surface area contributed by atoms with Gasteiger partial charge in [-0.05, 0) is 55.4 Å². The second kappa shape index (κ2) is 9.97. The van der Waals surface area contributed by atoms with E-state index in [2.05, 4.69) is 33.0 Å². The third kappa shape index (κ3) is 4.59. The maximum absolute atomic E-state index is 5.94. The van der Waals surface area contributed by atoms with E-state index in [1.165, 1.54) is 5.56 Å². The largest absolute Gasteiger partial charge is 0.497 e. The molecule has 9 heteroatoms. The molecular weight excluding hydrogens is 456 g/mol. The quantitative estimate of drug-likeness (QED) is 0.411. The van der Waals surface area contributed by atoms with E-state index in [-0.39, 0.29) is 12.1 Å². The first-order valence-corrected chi connectivity index (χ1v) is 12.8. The molecule has 2 aliphatic heterocycles. The second-order valence-electron chi connectivity index (χ2n) is 8.55. The van der Waals surface area contributed by atoms with Crippen LogP contribution in [0.1, 0.15) is 37.3 Å². The fourth-order valence-corrected chi connectivity index (χ4v) is 5.87. The third-order valence-corrected chi connectivity index (χ3v) is 7.85. The number of ether oxygens (including phenoxy) is 3. The highest BCUT2D eigenvalue weighted by atomic mass is 32.1. The summed E-state index contributed by atoms with van der Waals surface area (Å²) in [7, 11) is 3.39. The van der Waals surface area contributed by atoms with Crippen LogP contribution < -0.4 is 9.47 Å². The molecule has 2 aliphatic rings. The van der Waals surface area contributed by atoms with Crippen LogP contribution in [0.3, 0.4) is 0 Å². The summed E-state index contributed by atoms with van der Waals surface area (Å²) in [5.41, 5.74) is 1.18. The Hall–Kier alpha value is -2.20. The van der Waals surface area contributed by atoms with E-state index >= 15 is 0 Å². The molecule has 2 fully saturated rings. The fourth-order valence-electron chi connectivity index (χ4n) is 4.89. The van der Waals surface area contributed by atoms with Gasteiger partial charge in [-0.3, -0.25) is 9.47 Å². The molecule has 0 amide bonds. The van der Waals surface area contributed by atoms with E-state index in [0.29, 0.717) is 6.67 Å². The van der Waals surface area contributed by atoms with Crippen molar-refractivity contribution >= 4 is 23.6 Å². The van der Waals surface area contributed by atoms with Gasteiger partial charge < -0.3 is 14.2 Å². The number of methoxy groups -OCH3 is 2. The smallest absolute Gasteiger partial charge is 0.199 e. The molecule has 0 N–H and O–H groups in total. The summed E-state index contributed by atoms with van der Waals surface area (Å²) in [6, 6.07) is 10.5. The van der Waals surface area contributed by atoms with Crippen molar-refractivity contribution in [1.82, 2.24) is 19.2 Å². The maximum Gasteiger partial charge on any atom is 0.199 e. The van der Waals surface area contributed by atoms with Crippen molar-refractivity contribution in [3.63, 3.8) is 0 Å². The predicted molar refractivity (Wildman–Crippen MR) is 132 cm³/mol. The summed E-state index contributed by atoms with van der Waals surface area (Å²) >= 11 is 7.63. The zero-order chi connectivity index (χ0) is 22.8. The first-order chi connectivity index (χ1) is 16.2. The number of hydrogen-bond acceptors (Lipinski definition) is 7. The molecule has 176 valence electrons. The molecule has 0 radical (unpaired) electrons. The number of hydrogen-bond donors (Lipinski definition) is 0. The monoisotopic (exact) mass is 486 g/mol. The van der Waals surface area contributed by atoms with Crippen molar-refractivity contribution in [2.45, 2.75) is 51.0 Å². The molecule has 5 rings (SSSR count). The summed E-state index contributed by atoms with van der Waals surface area (Å²) in [4.78, 5) is 3.58. The highest BCUT2D eigenvalue weighted by Crippen LogP contribution is 2.39. The van der Waals surface area contributed by atoms with E-state index in [9.17, 15) is 0 Å². The average Bonchev–Trinajstić information content (AvgIpc) is 3.64. The van der Waals surface area contributed by atoms with Crippen LogP contribution >= 0.6 is 23.6 Å². The lowest BCUT2D eigenvalue weighted by atomic mass is 10.0. The molecule has 0 aliphatic carbocycles. The highest BCUT2D eigenvalue weighted by molar-refractivity contribution is 7.71. The molecule has 0 saturated carbocycles. The Morgan fingerprint density at radius 1 is 1.18 bits per heavy atom. The molecule has 7 nitrogen and oxygen atoms in total. The maximum atomic E-state index is 5.94. The molecular formula is C24H30N4O3S2. The molecule has 2 atom stereocenters. The van der Waals surface area contributed by atoms with Crippen LogP contribution in [0, 0.1) is 4.77 Å². The zero-order valence-electron chi connectivity index (χ0n) is 19.1. The average molecular weight is 487 g/mol. The lowest BCUT2D eigenvalue weighted by Gasteiger charge is -2.26. The summed E-state index contributed by atoms with van der Waals surface area (Å²) in [6.45, 7) is 3.23. The minimum absolute atomic E-state index is 0.205. The number of benzene rings is 1. The number of likely N-dealkylation sites (tertiary alicyclic amines) is 1. The number of thiophene rings is 1. The molecule has 3 aromatic rings. The van der Waals surface area contributed by atoms with Crippen LogP contribution in [-0.4, -0.2) is 52.7 Å². The molecule has 2 saturated heterocycles. The van der Waals surface area contributed by atoms with Crippen molar-refractivity contribution in [1.29, 1.82) is 0 Å².